The predicted octanol–water partition coefficient (Wildman–Crippen LogP) is 11.5. The van der Waals surface area contributed by atoms with E-state index in [1.165, 1.54) is 82.7 Å². The molecule has 5 aromatic rings. The highest BCUT2D eigenvalue weighted by Gasteiger charge is 2.27. The Morgan fingerprint density at radius 3 is 2.22 bits per heavy atom. The van der Waals surface area contributed by atoms with E-state index in [2.05, 4.69) is 145 Å². The van der Waals surface area contributed by atoms with Crippen LogP contribution in [-0.2, 0) is 6.54 Å². The van der Waals surface area contributed by atoms with Crippen LogP contribution in [-0.4, -0.2) is 6.54 Å². The van der Waals surface area contributed by atoms with Crippen LogP contribution in [0.2, 0.25) is 0 Å². The molecule has 1 aromatic heterocycles. The molecule has 0 radical (unpaired) electrons. The van der Waals surface area contributed by atoms with Crippen molar-refractivity contribution in [2.75, 3.05) is 11.4 Å². The molecule has 0 saturated heterocycles. The van der Waals surface area contributed by atoms with Gasteiger partial charge in [-0.05, 0) is 115 Å². The van der Waals surface area contributed by atoms with Crippen LogP contribution < -0.4 is 9.47 Å². The number of anilines is 1. The van der Waals surface area contributed by atoms with Gasteiger partial charge in [0.15, 0.2) is 0 Å². The van der Waals surface area contributed by atoms with Crippen molar-refractivity contribution in [3.8, 4) is 22.3 Å². The van der Waals surface area contributed by atoms with Crippen LogP contribution in [0.1, 0.15) is 44.5 Å². The number of thioether (sulfide) groups is 1. The number of allylic oxidation sites excluding steroid dienone is 6. The molecule has 4 heteroatoms. The molecule has 2 heterocycles. The fraction of sp³-hybridized carbons (Fsp3) is 0.214. The Kier molecular flexibility index (Phi) is 8.01. The van der Waals surface area contributed by atoms with Gasteiger partial charge in [-0.1, -0.05) is 102 Å². The monoisotopic (exact) mass is 635 g/mol. The molecule has 46 heavy (non-hydrogen) atoms. The van der Waals surface area contributed by atoms with E-state index < -0.39 is 0 Å². The lowest BCUT2D eigenvalue weighted by Crippen LogP contribution is -2.33. The van der Waals surface area contributed by atoms with Crippen molar-refractivity contribution in [1.29, 1.82) is 0 Å². The summed E-state index contributed by atoms with van der Waals surface area (Å²) in [7, 11) is 0. The number of benzene rings is 4. The van der Waals surface area contributed by atoms with Gasteiger partial charge < -0.3 is 4.90 Å². The first-order chi connectivity index (χ1) is 22.7. The summed E-state index contributed by atoms with van der Waals surface area (Å²) in [6.07, 6.45) is 14.7. The number of rotatable bonds is 6. The van der Waals surface area contributed by atoms with Gasteiger partial charge in [-0.3, -0.25) is 0 Å². The van der Waals surface area contributed by atoms with E-state index in [1.807, 2.05) is 23.1 Å². The van der Waals surface area contributed by atoms with E-state index in [0.29, 0.717) is 5.92 Å². The fourth-order valence-electron chi connectivity index (χ4n) is 7.25. The molecule has 2 nitrogen and oxygen atoms in total. The first-order valence-corrected chi connectivity index (χ1v) is 18.3. The van der Waals surface area contributed by atoms with Crippen molar-refractivity contribution >= 4 is 45.1 Å². The van der Waals surface area contributed by atoms with Crippen LogP contribution in [0, 0.1) is 5.92 Å². The second kappa shape index (κ2) is 12.6. The van der Waals surface area contributed by atoms with Crippen molar-refractivity contribution in [2.24, 2.45) is 5.92 Å². The van der Waals surface area contributed by atoms with E-state index >= 15 is 0 Å². The Hall–Kier alpha value is -4.12. The third-order valence-corrected chi connectivity index (χ3v) is 11.9. The van der Waals surface area contributed by atoms with Gasteiger partial charge in [-0.2, -0.15) is 4.57 Å². The number of thiazole rings is 1. The number of hydrogen-bond donors (Lipinski definition) is 0. The van der Waals surface area contributed by atoms with Gasteiger partial charge in [-0.25, -0.2) is 0 Å². The minimum atomic E-state index is 0.678. The number of nitrogens with zero attached hydrogens (tertiary/aromatic N) is 2. The Labute approximate surface area is 281 Å². The highest BCUT2D eigenvalue weighted by atomic mass is 32.2. The molecular weight excluding hydrogens is 597 g/mol. The molecule has 0 spiro atoms. The van der Waals surface area contributed by atoms with E-state index in [1.54, 1.807) is 0 Å². The van der Waals surface area contributed by atoms with Crippen LogP contribution in [0.25, 0.3) is 38.5 Å². The molecule has 4 aromatic carbocycles. The van der Waals surface area contributed by atoms with E-state index in [9.17, 15) is 0 Å². The lowest BCUT2D eigenvalue weighted by atomic mass is 9.77. The molecule has 0 N–H and O–H groups in total. The summed E-state index contributed by atoms with van der Waals surface area (Å²) in [5, 5.41) is 2.70. The normalized spacial score (nSPS) is 19.3. The molecule has 1 aliphatic heterocycles. The zero-order valence-electron chi connectivity index (χ0n) is 26.6. The molecule has 3 aliphatic rings. The standard InChI is InChI=1S/C42H39N2S2/c1-3-43-37-21-19-34(31-11-7-5-8-12-31)27-39(37)45-41(43)25-29-15-17-33-18-16-30(24-36(33)23-29)26-42-44(4-2)38-22-20-35(28-40(38)46-42)32-13-9-6-10-14-32/h5-14,19-28,33H,3-4,15-18H2,1-2H3/q+1. The van der Waals surface area contributed by atoms with E-state index in [0.717, 1.165) is 25.9 Å². The summed E-state index contributed by atoms with van der Waals surface area (Å²) in [6, 6.07) is 35.3. The smallest absolute Gasteiger partial charge is 0.263 e. The Bertz CT molecular complexity index is 2050. The highest BCUT2D eigenvalue weighted by molar-refractivity contribution is 8.03. The molecule has 0 fully saturated rings. The van der Waals surface area contributed by atoms with E-state index in [4.69, 9.17) is 0 Å². The van der Waals surface area contributed by atoms with Crippen molar-refractivity contribution in [2.45, 2.75) is 51.0 Å². The van der Waals surface area contributed by atoms with Gasteiger partial charge in [0.25, 0.3) is 5.01 Å². The first kappa shape index (κ1) is 29.3. The Morgan fingerprint density at radius 1 is 0.761 bits per heavy atom. The lowest BCUT2D eigenvalue weighted by Gasteiger charge is -2.28. The molecule has 0 saturated carbocycles. The van der Waals surface area contributed by atoms with E-state index in [-0.39, 0.29) is 0 Å². The second-order valence-electron chi connectivity index (χ2n) is 12.5. The average molecular weight is 636 g/mol. The number of hydrogen-bond acceptors (Lipinski definition) is 3. The third-order valence-electron chi connectivity index (χ3n) is 9.67. The summed E-state index contributed by atoms with van der Waals surface area (Å²) in [4.78, 5) is 3.84. The second-order valence-corrected chi connectivity index (χ2v) is 14.6. The maximum Gasteiger partial charge on any atom is 0.263 e. The summed E-state index contributed by atoms with van der Waals surface area (Å²) in [5.74, 6) is 0.678. The average Bonchev–Trinajstić information content (AvgIpc) is 3.64. The van der Waals surface area contributed by atoms with Gasteiger partial charge in [0.2, 0.25) is 5.52 Å². The maximum atomic E-state index is 2.51. The SMILES string of the molecule is CCN1/C(=C/C2=CC3=C/C(=C/c4sc5cc(-c6ccccc6)ccc5[n+]4CC)CCC3CC2)Sc2cc(-c3ccccc3)ccc21. The minimum absolute atomic E-state index is 0.678. The first-order valence-electron chi connectivity index (χ1n) is 16.7. The van der Waals surface area contributed by atoms with Crippen LogP contribution in [0.5, 0.6) is 0 Å². The van der Waals surface area contributed by atoms with Crippen LogP contribution >= 0.6 is 23.1 Å². The third kappa shape index (κ3) is 5.59. The molecule has 2 aliphatic carbocycles. The molecule has 0 bridgehead atoms. The predicted molar refractivity (Wildman–Crippen MR) is 198 cm³/mol. The van der Waals surface area contributed by atoms with Crippen LogP contribution in [0.4, 0.5) is 5.69 Å². The van der Waals surface area contributed by atoms with Gasteiger partial charge in [0, 0.05) is 23.6 Å². The van der Waals surface area contributed by atoms with Crippen molar-refractivity contribution in [3.63, 3.8) is 0 Å². The summed E-state index contributed by atoms with van der Waals surface area (Å²) < 4.78 is 3.84. The number of aryl methyl sites for hydroxylation is 1. The zero-order chi connectivity index (χ0) is 31.0. The molecule has 1 unspecified atom stereocenters. The fourth-order valence-corrected chi connectivity index (χ4v) is 9.74. The van der Waals surface area contributed by atoms with Crippen molar-refractivity contribution < 1.29 is 4.57 Å². The lowest BCUT2D eigenvalue weighted by molar-refractivity contribution is -0.665. The van der Waals surface area contributed by atoms with Crippen molar-refractivity contribution in [1.82, 2.24) is 0 Å². The largest absolute Gasteiger partial charge is 0.335 e. The summed E-state index contributed by atoms with van der Waals surface area (Å²) in [6.45, 7) is 6.47. The summed E-state index contributed by atoms with van der Waals surface area (Å²) in [5.41, 5.74) is 12.2. The molecule has 1 atom stereocenters. The quantitative estimate of drug-likeness (QED) is 0.171. The Morgan fingerprint density at radius 2 is 1.48 bits per heavy atom. The topological polar surface area (TPSA) is 7.12 Å². The van der Waals surface area contributed by atoms with Crippen LogP contribution in [0.15, 0.2) is 142 Å². The summed E-state index contributed by atoms with van der Waals surface area (Å²) >= 11 is 3.85. The molecule has 228 valence electrons. The zero-order valence-corrected chi connectivity index (χ0v) is 28.2. The van der Waals surface area contributed by atoms with Gasteiger partial charge in [0.1, 0.15) is 11.2 Å². The molecule has 8 rings (SSSR count). The molecular formula is C42H39N2S2+. The molecule has 0 amide bonds. The number of fused-ring (bicyclic) bond motifs is 3. The number of aromatic nitrogens is 1. The van der Waals surface area contributed by atoms with Crippen molar-refractivity contribution in [3.05, 3.63) is 142 Å². The minimum Gasteiger partial charge on any atom is -0.335 e. The van der Waals surface area contributed by atoms with Gasteiger partial charge >= 0.3 is 0 Å². The van der Waals surface area contributed by atoms with Gasteiger partial charge in [0.05, 0.1) is 10.7 Å². The maximum absolute atomic E-state index is 2.51. The highest BCUT2D eigenvalue weighted by Crippen LogP contribution is 2.48. The van der Waals surface area contributed by atoms with Crippen LogP contribution in [0.3, 0.4) is 0 Å². The van der Waals surface area contributed by atoms with Gasteiger partial charge in [-0.15, -0.1) is 0 Å². The Balaban J connectivity index is 1.08.